The van der Waals surface area contributed by atoms with Crippen molar-refractivity contribution in [1.29, 1.82) is 0 Å². The summed E-state index contributed by atoms with van der Waals surface area (Å²) in [6.45, 7) is 8.91. The fraction of sp³-hybridized carbons (Fsp3) is 0.231. The number of carbonyl (C=O) groups is 1. The van der Waals surface area contributed by atoms with Crippen molar-refractivity contribution in [1.82, 2.24) is 14.9 Å². The Bertz CT molecular complexity index is 1350. The molecule has 2 aromatic carbocycles. The molecule has 1 fully saturated rings. The lowest BCUT2D eigenvalue weighted by atomic mass is 10.0. The van der Waals surface area contributed by atoms with E-state index in [0.717, 1.165) is 44.2 Å². The topological polar surface area (TPSA) is 58.2 Å². The van der Waals surface area contributed by atoms with Gasteiger partial charge < -0.3 is 14.6 Å². The van der Waals surface area contributed by atoms with Crippen LogP contribution in [-0.4, -0.2) is 34.4 Å². The molecule has 1 amide bonds. The molecule has 6 heteroatoms. The first-order chi connectivity index (χ1) is 15.4. The lowest BCUT2D eigenvalue weighted by Gasteiger charge is -2.23. The van der Waals surface area contributed by atoms with E-state index in [4.69, 9.17) is 9.72 Å². The van der Waals surface area contributed by atoms with E-state index in [0.29, 0.717) is 13.0 Å². The van der Waals surface area contributed by atoms with Gasteiger partial charge in [0.1, 0.15) is 11.6 Å². The third kappa shape index (κ3) is 3.50. The van der Waals surface area contributed by atoms with Gasteiger partial charge in [0.15, 0.2) is 0 Å². The van der Waals surface area contributed by atoms with Gasteiger partial charge in [-0.2, -0.15) is 0 Å². The van der Waals surface area contributed by atoms with Crippen LogP contribution in [0.3, 0.4) is 0 Å². The highest BCUT2D eigenvalue weighted by molar-refractivity contribution is 7.14. The Morgan fingerprint density at radius 3 is 2.81 bits per heavy atom. The molecule has 1 saturated heterocycles. The van der Waals surface area contributed by atoms with Gasteiger partial charge in [-0.3, -0.25) is 4.79 Å². The second kappa shape index (κ2) is 7.95. The van der Waals surface area contributed by atoms with Gasteiger partial charge in [0.05, 0.1) is 29.7 Å². The molecule has 3 heterocycles. The van der Waals surface area contributed by atoms with E-state index >= 15 is 0 Å². The van der Waals surface area contributed by atoms with Crippen LogP contribution in [0.1, 0.15) is 39.8 Å². The molecular weight excluding hydrogens is 418 g/mol. The Morgan fingerprint density at radius 2 is 2.03 bits per heavy atom. The maximum Gasteiger partial charge on any atom is 0.256 e. The summed E-state index contributed by atoms with van der Waals surface area (Å²) in [6, 6.07) is 13.9. The number of aryl methyl sites for hydroxylation is 2. The number of aromatic nitrogens is 2. The number of hydrogen-bond donors (Lipinski definition) is 1. The molecule has 4 aromatic rings. The molecule has 1 aliphatic rings. The van der Waals surface area contributed by atoms with Crippen molar-refractivity contribution in [2.75, 3.05) is 13.7 Å². The first-order valence-corrected chi connectivity index (χ1v) is 11.5. The van der Waals surface area contributed by atoms with Gasteiger partial charge in [-0.1, -0.05) is 30.4 Å². The van der Waals surface area contributed by atoms with E-state index in [1.54, 1.807) is 18.4 Å². The summed E-state index contributed by atoms with van der Waals surface area (Å²) >= 11 is 1.60. The van der Waals surface area contributed by atoms with Crippen molar-refractivity contribution in [2.45, 2.75) is 26.3 Å². The molecule has 162 valence electrons. The standard InChI is InChI=1S/C26H25N3O2S/c1-15-11-23(25-27-21-8-7-19(31-4)13-22(21)28-25)29(14-15)26(30)20-9-10-32-24(20)18-6-5-16(2)17(3)12-18/h5-10,12-13,23H,1,11,14H2,2-4H3,(H,27,28). The van der Waals surface area contributed by atoms with Gasteiger partial charge in [0.2, 0.25) is 0 Å². The highest BCUT2D eigenvalue weighted by atomic mass is 32.1. The highest BCUT2D eigenvalue weighted by Crippen LogP contribution is 2.38. The van der Waals surface area contributed by atoms with Gasteiger partial charge in [-0.25, -0.2) is 4.98 Å². The summed E-state index contributed by atoms with van der Waals surface area (Å²) in [7, 11) is 1.64. The quantitative estimate of drug-likeness (QED) is 0.390. The summed E-state index contributed by atoms with van der Waals surface area (Å²) in [6.07, 6.45) is 0.700. The van der Waals surface area contributed by atoms with E-state index in [1.807, 2.05) is 34.5 Å². The molecule has 32 heavy (non-hydrogen) atoms. The van der Waals surface area contributed by atoms with Crippen molar-refractivity contribution in [2.24, 2.45) is 0 Å². The van der Waals surface area contributed by atoms with E-state index in [1.165, 1.54) is 11.1 Å². The molecule has 0 bridgehead atoms. The Labute approximate surface area is 191 Å². The van der Waals surface area contributed by atoms with Gasteiger partial charge in [-0.05, 0) is 60.5 Å². The summed E-state index contributed by atoms with van der Waals surface area (Å²) in [5, 5.41) is 1.99. The number of nitrogens with one attached hydrogen (secondary N) is 1. The number of H-pyrrole nitrogens is 1. The third-order valence-corrected chi connectivity index (χ3v) is 7.17. The van der Waals surface area contributed by atoms with E-state index in [9.17, 15) is 4.79 Å². The molecule has 2 aromatic heterocycles. The highest BCUT2D eigenvalue weighted by Gasteiger charge is 2.35. The van der Waals surface area contributed by atoms with Crippen LogP contribution in [0.5, 0.6) is 5.75 Å². The van der Waals surface area contributed by atoms with Gasteiger partial charge >= 0.3 is 0 Å². The van der Waals surface area contributed by atoms with Crippen LogP contribution in [0.2, 0.25) is 0 Å². The minimum atomic E-state index is -0.166. The van der Waals surface area contributed by atoms with E-state index in [-0.39, 0.29) is 11.9 Å². The van der Waals surface area contributed by atoms with Crippen LogP contribution in [0.15, 0.2) is 60.0 Å². The first-order valence-electron chi connectivity index (χ1n) is 10.6. The van der Waals surface area contributed by atoms with Crippen LogP contribution in [-0.2, 0) is 0 Å². The van der Waals surface area contributed by atoms with Crippen LogP contribution < -0.4 is 4.74 Å². The van der Waals surface area contributed by atoms with Crippen molar-refractivity contribution in [3.63, 3.8) is 0 Å². The lowest BCUT2D eigenvalue weighted by molar-refractivity contribution is 0.0734. The Kier molecular flexibility index (Phi) is 5.10. The Hall–Kier alpha value is -3.38. The number of fused-ring (bicyclic) bond motifs is 1. The summed E-state index contributed by atoms with van der Waals surface area (Å²) in [5.41, 5.74) is 7.07. The third-order valence-electron chi connectivity index (χ3n) is 6.20. The largest absolute Gasteiger partial charge is 0.497 e. The number of likely N-dealkylation sites (tertiary alicyclic amines) is 1. The number of amides is 1. The van der Waals surface area contributed by atoms with Crippen LogP contribution in [0, 0.1) is 13.8 Å². The average Bonchev–Trinajstić information content (AvgIpc) is 3.52. The van der Waals surface area contributed by atoms with Crippen molar-refractivity contribution in [3.8, 4) is 16.2 Å². The van der Waals surface area contributed by atoms with Crippen molar-refractivity contribution < 1.29 is 9.53 Å². The Balaban J connectivity index is 1.50. The molecule has 0 saturated carbocycles. The second-order valence-electron chi connectivity index (χ2n) is 8.37. The van der Waals surface area contributed by atoms with Gasteiger partial charge in [0.25, 0.3) is 5.91 Å². The number of hydrogen-bond acceptors (Lipinski definition) is 4. The number of carbonyl (C=O) groups excluding carboxylic acids is 1. The predicted octanol–water partition coefficient (Wildman–Crippen LogP) is 6.06. The number of imidazole rings is 1. The van der Waals surface area contributed by atoms with E-state index < -0.39 is 0 Å². The number of benzene rings is 2. The van der Waals surface area contributed by atoms with Crippen molar-refractivity contribution in [3.05, 3.63) is 82.5 Å². The van der Waals surface area contributed by atoms with Crippen LogP contribution in [0.4, 0.5) is 0 Å². The monoisotopic (exact) mass is 443 g/mol. The van der Waals surface area contributed by atoms with Crippen LogP contribution >= 0.6 is 11.3 Å². The SMILES string of the molecule is C=C1CC(c2nc3cc(OC)ccc3[nH]2)N(C(=O)c2ccsc2-c2ccc(C)c(C)c2)C1. The fourth-order valence-corrected chi connectivity index (χ4v) is 5.17. The molecule has 0 spiro atoms. The number of thiophene rings is 1. The number of ether oxygens (including phenoxy) is 1. The van der Waals surface area contributed by atoms with Gasteiger partial charge in [0, 0.05) is 17.5 Å². The number of aromatic amines is 1. The predicted molar refractivity (Wildman–Crippen MR) is 129 cm³/mol. The molecule has 1 N–H and O–H groups in total. The second-order valence-corrected chi connectivity index (χ2v) is 9.29. The molecule has 1 aliphatic heterocycles. The molecule has 0 radical (unpaired) electrons. The lowest BCUT2D eigenvalue weighted by Crippen LogP contribution is -2.31. The normalized spacial score (nSPS) is 16.2. The van der Waals surface area contributed by atoms with Gasteiger partial charge in [-0.15, -0.1) is 11.3 Å². The smallest absolute Gasteiger partial charge is 0.256 e. The molecule has 0 aliphatic carbocycles. The molecule has 5 rings (SSSR count). The van der Waals surface area contributed by atoms with E-state index in [2.05, 4.69) is 43.6 Å². The summed E-state index contributed by atoms with van der Waals surface area (Å²) in [5.74, 6) is 1.56. The molecule has 5 nitrogen and oxygen atoms in total. The molecule has 1 unspecified atom stereocenters. The number of rotatable bonds is 4. The molecule has 1 atom stereocenters. The number of methoxy groups -OCH3 is 1. The maximum absolute atomic E-state index is 13.7. The first kappa shape index (κ1) is 20.5. The maximum atomic E-state index is 13.7. The fourth-order valence-electron chi connectivity index (χ4n) is 4.29. The zero-order chi connectivity index (χ0) is 22.4. The summed E-state index contributed by atoms with van der Waals surface area (Å²) < 4.78 is 5.32. The molecular formula is C26H25N3O2S. The minimum Gasteiger partial charge on any atom is -0.497 e. The minimum absolute atomic E-state index is 0.0150. The van der Waals surface area contributed by atoms with Crippen LogP contribution in [0.25, 0.3) is 21.5 Å². The zero-order valence-corrected chi connectivity index (χ0v) is 19.3. The number of nitrogens with zero attached hydrogens (tertiary/aromatic N) is 2. The van der Waals surface area contributed by atoms with Crippen molar-refractivity contribution >= 4 is 28.3 Å². The Morgan fingerprint density at radius 1 is 1.19 bits per heavy atom. The zero-order valence-electron chi connectivity index (χ0n) is 18.4. The summed E-state index contributed by atoms with van der Waals surface area (Å²) in [4.78, 5) is 24.8. The average molecular weight is 444 g/mol.